The lowest BCUT2D eigenvalue weighted by molar-refractivity contribution is -0.121. The van der Waals surface area contributed by atoms with Crippen LogP contribution in [0.1, 0.15) is 12.5 Å². The Bertz CT molecular complexity index is 908. The molecule has 6 nitrogen and oxygen atoms in total. The lowest BCUT2D eigenvalue weighted by Crippen LogP contribution is -2.44. The van der Waals surface area contributed by atoms with Crippen LogP contribution >= 0.6 is 0 Å². The molecule has 1 aliphatic rings. The van der Waals surface area contributed by atoms with E-state index in [1.165, 1.54) is 19.0 Å². The van der Waals surface area contributed by atoms with E-state index in [-0.39, 0.29) is 11.7 Å². The van der Waals surface area contributed by atoms with Crippen molar-refractivity contribution in [1.82, 2.24) is 9.29 Å². The van der Waals surface area contributed by atoms with Gasteiger partial charge in [-0.25, -0.2) is 17.7 Å². The fourth-order valence-corrected chi connectivity index (χ4v) is 4.25. The third-order valence-corrected chi connectivity index (χ3v) is 6.47. The molecule has 2 aromatic rings. The highest BCUT2D eigenvalue weighted by molar-refractivity contribution is 7.89. The first-order chi connectivity index (χ1) is 10.7. The smallest absolute Gasteiger partial charge is 0.239 e. The maximum absolute atomic E-state index is 12.8. The number of carbonyl (C=O) groups excluding carboxylic acids is 1. The van der Waals surface area contributed by atoms with Crippen LogP contribution in [0.15, 0.2) is 30.3 Å². The average molecular weight is 333 g/mol. The predicted octanol–water partition coefficient (Wildman–Crippen LogP) is 1.36. The summed E-state index contributed by atoms with van der Waals surface area (Å²) in [6, 6.07) is 9.44. The first-order valence-electron chi connectivity index (χ1n) is 7.25. The quantitative estimate of drug-likeness (QED) is 0.850. The Balaban J connectivity index is 2.22. The number of likely N-dealkylation sites (N-methyl/N-ethyl adjacent to an activating group) is 1. The predicted molar refractivity (Wildman–Crippen MR) is 90.0 cm³/mol. The van der Waals surface area contributed by atoms with Crippen molar-refractivity contribution in [2.75, 3.05) is 31.8 Å². The van der Waals surface area contributed by atoms with Crippen molar-refractivity contribution in [3.8, 4) is 0 Å². The van der Waals surface area contributed by atoms with Crippen molar-refractivity contribution >= 4 is 32.7 Å². The molecule has 23 heavy (non-hydrogen) atoms. The molecule has 0 aliphatic carbocycles. The van der Waals surface area contributed by atoms with Crippen molar-refractivity contribution in [3.63, 3.8) is 0 Å². The average Bonchev–Trinajstić information content (AvgIpc) is 2.67. The third-order valence-electron chi connectivity index (χ3n) is 4.42. The summed E-state index contributed by atoms with van der Waals surface area (Å²) >= 11 is 0. The van der Waals surface area contributed by atoms with E-state index >= 15 is 0 Å². The first kappa shape index (κ1) is 15.9. The molecular weight excluding hydrogens is 314 g/mol. The van der Waals surface area contributed by atoms with Crippen molar-refractivity contribution in [1.29, 1.82) is 0 Å². The van der Waals surface area contributed by atoms with E-state index in [4.69, 9.17) is 0 Å². The van der Waals surface area contributed by atoms with Crippen molar-refractivity contribution in [2.45, 2.75) is 12.3 Å². The molecule has 1 atom stereocenters. The monoisotopic (exact) mass is 333 g/mol. The molecule has 2 heterocycles. The summed E-state index contributed by atoms with van der Waals surface area (Å²) in [7, 11) is 1.05. The summed E-state index contributed by atoms with van der Waals surface area (Å²) in [5, 5.41) is 0.892. The van der Waals surface area contributed by atoms with E-state index in [2.05, 4.69) is 4.98 Å². The molecule has 0 spiro atoms. The number of anilines is 1. The SMILES string of the molecule is CN1C(=O)C(C)(CS(=O)(=O)N(C)C)c2cc3ccccc3nc21. The van der Waals surface area contributed by atoms with E-state index in [0.717, 1.165) is 15.2 Å². The number of benzene rings is 1. The van der Waals surface area contributed by atoms with Gasteiger partial charge in [-0.15, -0.1) is 0 Å². The molecule has 7 heteroatoms. The molecule has 0 saturated carbocycles. The number of pyridine rings is 1. The molecule has 3 rings (SSSR count). The first-order valence-corrected chi connectivity index (χ1v) is 8.86. The number of aromatic nitrogens is 1. The fraction of sp³-hybridized carbons (Fsp3) is 0.375. The van der Waals surface area contributed by atoms with Gasteiger partial charge in [0.2, 0.25) is 15.9 Å². The Morgan fingerprint density at radius 3 is 2.57 bits per heavy atom. The highest BCUT2D eigenvalue weighted by atomic mass is 32.2. The maximum Gasteiger partial charge on any atom is 0.239 e. The van der Waals surface area contributed by atoms with Crippen LogP contribution in [0, 0.1) is 0 Å². The number of amides is 1. The van der Waals surface area contributed by atoms with Gasteiger partial charge in [0.1, 0.15) is 5.82 Å². The van der Waals surface area contributed by atoms with Gasteiger partial charge in [0.15, 0.2) is 0 Å². The molecule has 0 saturated heterocycles. The summed E-state index contributed by atoms with van der Waals surface area (Å²) in [5.41, 5.74) is 0.310. The molecule has 1 aromatic heterocycles. The molecule has 0 radical (unpaired) electrons. The molecule has 1 unspecified atom stereocenters. The molecule has 1 amide bonds. The van der Waals surface area contributed by atoms with Crippen molar-refractivity contribution in [2.24, 2.45) is 0 Å². The summed E-state index contributed by atoms with van der Waals surface area (Å²) in [5.74, 6) is 0.00862. The van der Waals surface area contributed by atoms with Gasteiger partial charge in [-0.3, -0.25) is 9.69 Å². The van der Waals surface area contributed by atoms with Crippen LogP contribution in [-0.2, 0) is 20.2 Å². The Labute approximate surface area is 135 Å². The van der Waals surface area contributed by atoms with Crippen LogP contribution in [0.2, 0.25) is 0 Å². The minimum atomic E-state index is -3.53. The number of carbonyl (C=O) groups is 1. The summed E-state index contributed by atoms with van der Waals surface area (Å²) in [4.78, 5) is 18.8. The lowest BCUT2D eigenvalue weighted by atomic mass is 9.86. The van der Waals surface area contributed by atoms with Gasteiger partial charge < -0.3 is 0 Å². The molecule has 1 aromatic carbocycles. The van der Waals surface area contributed by atoms with E-state index < -0.39 is 15.4 Å². The zero-order valence-corrected chi connectivity index (χ0v) is 14.4. The van der Waals surface area contributed by atoms with Gasteiger partial charge in [-0.1, -0.05) is 18.2 Å². The number of rotatable bonds is 3. The number of hydrogen-bond acceptors (Lipinski definition) is 4. The van der Waals surface area contributed by atoms with Gasteiger partial charge in [-0.05, 0) is 19.1 Å². The highest BCUT2D eigenvalue weighted by Gasteiger charge is 2.50. The molecule has 0 N–H and O–H groups in total. The molecule has 122 valence electrons. The van der Waals surface area contributed by atoms with Crippen LogP contribution in [0.4, 0.5) is 5.82 Å². The van der Waals surface area contributed by atoms with E-state index in [1.54, 1.807) is 14.0 Å². The van der Waals surface area contributed by atoms with Gasteiger partial charge >= 0.3 is 0 Å². The molecule has 0 bridgehead atoms. The standard InChI is InChI=1S/C16H19N3O3S/c1-16(10-23(21,22)18(2)3)12-9-11-7-5-6-8-13(11)17-14(12)19(4)15(16)20/h5-9H,10H2,1-4H3. The van der Waals surface area contributed by atoms with E-state index in [9.17, 15) is 13.2 Å². The Morgan fingerprint density at radius 2 is 1.91 bits per heavy atom. The Morgan fingerprint density at radius 1 is 1.26 bits per heavy atom. The van der Waals surface area contributed by atoms with E-state index in [0.29, 0.717) is 11.4 Å². The van der Waals surface area contributed by atoms with Gasteiger partial charge in [-0.2, -0.15) is 0 Å². The minimum absolute atomic E-state index is 0.249. The van der Waals surface area contributed by atoms with Crippen LogP contribution < -0.4 is 4.90 Å². The van der Waals surface area contributed by atoms with Crippen LogP contribution in [0.25, 0.3) is 10.9 Å². The van der Waals surface area contributed by atoms with E-state index in [1.807, 2.05) is 30.3 Å². The number of sulfonamides is 1. The summed E-state index contributed by atoms with van der Waals surface area (Å²) in [6.07, 6.45) is 0. The number of hydrogen-bond donors (Lipinski definition) is 0. The number of para-hydroxylation sites is 1. The van der Waals surface area contributed by atoms with Gasteiger partial charge in [0.25, 0.3) is 0 Å². The van der Waals surface area contributed by atoms with Crippen LogP contribution in [0.3, 0.4) is 0 Å². The minimum Gasteiger partial charge on any atom is -0.299 e. The second-order valence-electron chi connectivity index (χ2n) is 6.29. The normalized spacial score (nSPS) is 21.3. The largest absolute Gasteiger partial charge is 0.299 e. The second kappa shape index (κ2) is 5.01. The van der Waals surface area contributed by atoms with Crippen molar-refractivity contribution < 1.29 is 13.2 Å². The second-order valence-corrected chi connectivity index (χ2v) is 8.47. The summed E-state index contributed by atoms with van der Waals surface area (Å²) < 4.78 is 25.9. The zero-order valence-electron chi connectivity index (χ0n) is 13.6. The van der Waals surface area contributed by atoms with Crippen molar-refractivity contribution in [3.05, 3.63) is 35.9 Å². The third kappa shape index (κ3) is 2.31. The Kier molecular flexibility index (Phi) is 3.46. The zero-order chi connectivity index (χ0) is 17.0. The Hall–Kier alpha value is -1.99. The maximum atomic E-state index is 12.8. The number of fused-ring (bicyclic) bond motifs is 2. The lowest BCUT2D eigenvalue weighted by Gasteiger charge is -2.24. The summed E-state index contributed by atoms with van der Waals surface area (Å²) in [6.45, 7) is 1.68. The van der Waals surface area contributed by atoms with Crippen LogP contribution in [-0.4, -0.2) is 50.5 Å². The van der Waals surface area contributed by atoms with Gasteiger partial charge in [0.05, 0.1) is 16.7 Å². The van der Waals surface area contributed by atoms with Crippen LogP contribution in [0.5, 0.6) is 0 Å². The van der Waals surface area contributed by atoms with Gasteiger partial charge in [0, 0.05) is 32.1 Å². The number of nitrogens with zero attached hydrogens (tertiary/aromatic N) is 3. The fourth-order valence-electron chi connectivity index (χ4n) is 2.98. The topological polar surface area (TPSA) is 70.6 Å². The molecule has 1 aliphatic heterocycles. The molecule has 0 fully saturated rings. The highest BCUT2D eigenvalue weighted by Crippen LogP contribution is 2.42. The molecular formula is C16H19N3O3S.